The first-order valence-electron chi connectivity index (χ1n) is 8.46. The minimum Gasteiger partial charge on any atom is -0.456 e. The Hall–Kier alpha value is -1.95. The second-order valence-corrected chi connectivity index (χ2v) is 7.52. The molecule has 2 aromatic carbocycles. The van der Waals surface area contributed by atoms with Crippen molar-refractivity contribution in [3.8, 4) is 11.5 Å². The van der Waals surface area contributed by atoms with Crippen LogP contribution in [0, 0.1) is 12.0 Å². The molecule has 1 aliphatic carbocycles. The monoisotopic (exact) mass is 422 g/mol. The molecule has 1 radical (unpaired) electrons. The summed E-state index contributed by atoms with van der Waals surface area (Å²) in [5, 5.41) is 1.00. The average Bonchev–Trinajstić information content (AvgIpc) is 2.94. The zero-order valence-electron chi connectivity index (χ0n) is 13.8. The van der Waals surface area contributed by atoms with Crippen molar-refractivity contribution in [3.63, 3.8) is 0 Å². The number of H-pyrrole nitrogens is 1. The molecule has 0 spiro atoms. The first kappa shape index (κ1) is 17.5. The minimum atomic E-state index is -4.51. The van der Waals surface area contributed by atoms with Crippen molar-refractivity contribution < 1.29 is 17.9 Å². The summed E-state index contributed by atoms with van der Waals surface area (Å²) in [5.41, 5.74) is 1.30. The lowest BCUT2D eigenvalue weighted by Crippen LogP contribution is -2.13. The van der Waals surface area contributed by atoms with Crippen molar-refractivity contribution >= 4 is 26.8 Å². The summed E-state index contributed by atoms with van der Waals surface area (Å²) < 4.78 is 45.6. The summed E-state index contributed by atoms with van der Waals surface area (Å²) in [6.07, 6.45) is 2.23. The molecule has 0 aliphatic heterocycles. The van der Waals surface area contributed by atoms with Crippen molar-refractivity contribution in [3.05, 3.63) is 58.2 Å². The zero-order chi connectivity index (χ0) is 18.3. The quantitative estimate of drug-likeness (QED) is 0.486. The number of benzene rings is 2. The normalized spacial score (nSPS) is 15.2. The number of alkyl halides is 3. The van der Waals surface area contributed by atoms with Gasteiger partial charge in [0.15, 0.2) is 5.75 Å². The molecule has 0 atom stereocenters. The van der Waals surface area contributed by atoms with E-state index in [9.17, 15) is 13.2 Å². The van der Waals surface area contributed by atoms with Gasteiger partial charge in [0.25, 0.3) is 0 Å². The predicted octanol–water partition coefficient (Wildman–Crippen LogP) is 6.88. The molecule has 1 aromatic heterocycles. The summed E-state index contributed by atoms with van der Waals surface area (Å²) >= 11 is 3.14. The maximum atomic E-state index is 13.3. The molecular formula is C20H16BrF3NO. The van der Waals surface area contributed by atoms with Crippen LogP contribution in [-0.4, -0.2) is 4.98 Å². The number of aromatic nitrogens is 1. The summed E-state index contributed by atoms with van der Waals surface area (Å²) in [6, 6.07) is 10.1. The Morgan fingerprint density at radius 2 is 2.04 bits per heavy atom. The van der Waals surface area contributed by atoms with Gasteiger partial charge in [-0.15, -0.1) is 0 Å². The molecule has 1 N–H and O–H groups in total. The molecular weight excluding hydrogens is 407 g/mol. The number of ether oxygens (including phenoxy) is 1. The molecule has 0 amide bonds. The van der Waals surface area contributed by atoms with Crippen LogP contribution >= 0.6 is 15.9 Å². The lowest BCUT2D eigenvalue weighted by atomic mass is 9.81. The van der Waals surface area contributed by atoms with E-state index < -0.39 is 11.7 Å². The highest BCUT2D eigenvalue weighted by molar-refractivity contribution is 9.10. The van der Waals surface area contributed by atoms with Crippen LogP contribution in [-0.2, 0) is 12.6 Å². The van der Waals surface area contributed by atoms with Gasteiger partial charge in [0.1, 0.15) is 5.75 Å². The fraction of sp³-hybridized carbons (Fsp3) is 0.300. The average molecular weight is 423 g/mol. The largest absolute Gasteiger partial charge is 0.456 e. The van der Waals surface area contributed by atoms with E-state index in [4.69, 9.17) is 4.74 Å². The molecule has 135 valence electrons. The maximum Gasteiger partial charge on any atom is 0.420 e. The molecule has 1 fully saturated rings. The van der Waals surface area contributed by atoms with E-state index >= 15 is 0 Å². The SMILES string of the molecule is FC(F)(F)c1c[c]cc(Br)c1Oc1ccc2[nH]cc(CC3CCC3)c2c1. The first-order chi connectivity index (χ1) is 12.4. The van der Waals surface area contributed by atoms with Crippen LogP contribution in [0.2, 0.25) is 0 Å². The van der Waals surface area contributed by atoms with E-state index in [1.165, 1.54) is 30.9 Å². The number of hydrogen-bond donors (Lipinski definition) is 1. The summed E-state index contributed by atoms with van der Waals surface area (Å²) in [7, 11) is 0. The van der Waals surface area contributed by atoms with Crippen LogP contribution in [0.4, 0.5) is 13.2 Å². The molecule has 4 rings (SSSR count). The third kappa shape index (κ3) is 3.34. The summed E-state index contributed by atoms with van der Waals surface area (Å²) in [4.78, 5) is 3.23. The van der Waals surface area contributed by atoms with Gasteiger partial charge in [-0.25, -0.2) is 0 Å². The van der Waals surface area contributed by atoms with E-state index in [1.54, 1.807) is 6.07 Å². The molecule has 2 nitrogen and oxygen atoms in total. The van der Waals surface area contributed by atoms with Crippen LogP contribution < -0.4 is 4.74 Å². The highest BCUT2D eigenvalue weighted by Gasteiger charge is 2.35. The van der Waals surface area contributed by atoms with Gasteiger partial charge in [0, 0.05) is 17.1 Å². The molecule has 3 aromatic rings. The smallest absolute Gasteiger partial charge is 0.420 e. The minimum absolute atomic E-state index is 0.219. The Kier molecular flexibility index (Phi) is 4.47. The van der Waals surface area contributed by atoms with Crippen molar-refractivity contribution in [1.82, 2.24) is 4.98 Å². The molecule has 1 aliphatic rings. The van der Waals surface area contributed by atoms with Gasteiger partial charge in [0.2, 0.25) is 0 Å². The Morgan fingerprint density at radius 3 is 2.73 bits per heavy atom. The predicted molar refractivity (Wildman–Crippen MR) is 97.4 cm³/mol. The molecule has 1 saturated carbocycles. The van der Waals surface area contributed by atoms with Crippen LogP contribution in [0.25, 0.3) is 10.9 Å². The molecule has 1 heterocycles. The summed E-state index contributed by atoms with van der Waals surface area (Å²) in [5.74, 6) is 0.838. The zero-order valence-corrected chi connectivity index (χ0v) is 15.4. The lowest BCUT2D eigenvalue weighted by Gasteiger charge is -2.24. The van der Waals surface area contributed by atoms with Gasteiger partial charge >= 0.3 is 6.18 Å². The molecule has 0 bridgehead atoms. The standard InChI is InChI=1S/C20H16BrF3NO/c21-17-6-2-5-16(20(22,23)24)19(17)26-14-7-8-18-15(10-14)13(11-25-18)9-12-3-1-4-12/h5-8,10-12,25H,1,3-4,9H2. The third-order valence-corrected chi connectivity index (χ3v) is 5.49. The second-order valence-electron chi connectivity index (χ2n) is 6.67. The van der Waals surface area contributed by atoms with E-state index in [2.05, 4.69) is 27.0 Å². The lowest BCUT2D eigenvalue weighted by molar-refractivity contribution is -0.138. The maximum absolute atomic E-state index is 13.3. The number of nitrogens with one attached hydrogen (secondary N) is 1. The van der Waals surface area contributed by atoms with Crippen molar-refractivity contribution in [2.75, 3.05) is 0 Å². The number of halogens is 4. The van der Waals surface area contributed by atoms with Crippen LogP contribution in [0.3, 0.4) is 0 Å². The van der Waals surface area contributed by atoms with E-state index in [-0.39, 0.29) is 10.2 Å². The first-order valence-corrected chi connectivity index (χ1v) is 9.26. The van der Waals surface area contributed by atoms with Crippen molar-refractivity contribution in [2.45, 2.75) is 31.9 Å². The topological polar surface area (TPSA) is 25.0 Å². The van der Waals surface area contributed by atoms with Gasteiger partial charge in [-0.05, 0) is 70.2 Å². The van der Waals surface area contributed by atoms with Gasteiger partial charge in [-0.1, -0.05) is 19.3 Å². The molecule has 26 heavy (non-hydrogen) atoms. The molecule has 0 saturated heterocycles. The molecule has 0 unspecified atom stereocenters. The highest BCUT2D eigenvalue weighted by Crippen LogP contribution is 2.42. The van der Waals surface area contributed by atoms with Gasteiger partial charge in [-0.3, -0.25) is 0 Å². The van der Waals surface area contributed by atoms with Crippen LogP contribution in [0.1, 0.15) is 30.4 Å². The van der Waals surface area contributed by atoms with E-state index in [0.29, 0.717) is 11.7 Å². The van der Waals surface area contributed by atoms with Crippen molar-refractivity contribution in [2.24, 2.45) is 5.92 Å². The van der Waals surface area contributed by atoms with Gasteiger partial charge in [0.05, 0.1) is 10.0 Å². The van der Waals surface area contributed by atoms with E-state index in [1.807, 2.05) is 18.3 Å². The Bertz CT molecular complexity index is 944. The van der Waals surface area contributed by atoms with Gasteiger partial charge in [-0.2, -0.15) is 13.2 Å². The fourth-order valence-corrected chi connectivity index (χ4v) is 3.71. The van der Waals surface area contributed by atoms with Crippen molar-refractivity contribution in [1.29, 1.82) is 0 Å². The number of aromatic amines is 1. The number of hydrogen-bond acceptors (Lipinski definition) is 1. The Balaban J connectivity index is 1.69. The Labute approximate surface area is 157 Å². The Morgan fingerprint density at radius 1 is 1.23 bits per heavy atom. The summed E-state index contributed by atoms with van der Waals surface area (Å²) in [6.45, 7) is 0. The number of fused-ring (bicyclic) bond motifs is 1. The number of rotatable bonds is 4. The molecule has 6 heteroatoms. The van der Waals surface area contributed by atoms with Gasteiger partial charge < -0.3 is 9.72 Å². The highest BCUT2D eigenvalue weighted by atomic mass is 79.9. The van der Waals surface area contributed by atoms with E-state index in [0.717, 1.165) is 23.4 Å². The fourth-order valence-electron chi connectivity index (χ4n) is 3.29. The third-order valence-electron chi connectivity index (χ3n) is 4.90. The van der Waals surface area contributed by atoms with Crippen LogP contribution in [0.5, 0.6) is 11.5 Å². The van der Waals surface area contributed by atoms with Crippen LogP contribution in [0.15, 0.2) is 41.0 Å². The second kappa shape index (κ2) is 6.65.